The molecule has 86 valence electrons. The van der Waals surface area contributed by atoms with Crippen molar-refractivity contribution in [3.05, 3.63) is 28.4 Å². The third kappa shape index (κ3) is 2.91. The van der Waals surface area contributed by atoms with Gasteiger partial charge in [-0.1, -0.05) is 0 Å². The number of rotatable bonds is 3. The number of carbonyl (C=O) groups excluding carboxylic acids is 2. The predicted molar refractivity (Wildman–Crippen MR) is 55.6 cm³/mol. The van der Waals surface area contributed by atoms with Gasteiger partial charge in [-0.15, -0.1) is 0 Å². The zero-order valence-electron chi connectivity index (χ0n) is 8.98. The van der Waals surface area contributed by atoms with Crippen LogP contribution in [0, 0.1) is 0 Å². The van der Waals surface area contributed by atoms with Crippen molar-refractivity contribution in [3.8, 4) is 0 Å². The number of nitrogens with zero attached hydrogens (tertiary/aromatic N) is 2. The molecule has 1 heterocycles. The van der Waals surface area contributed by atoms with Crippen LogP contribution in [0.1, 0.15) is 17.3 Å². The first-order valence-corrected chi connectivity index (χ1v) is 4.55. The maximum Gasteiger partial charge on any atom is 0.265 e. The third-order valence-corrected chi connectivity index (χ3v) is 1.83. The SMILES string of the molecule is CC(=O)NCNC(=O)c1cncn(C)c1=O. The Morgan fingerprint density at radius 1 is 1.44 bits per heavy atom. The summed E-state index contributed by atoms with van der Waals surface area (Å²) in [5, 5.41) is 4.75. The zero-order valence-corrected chi connectivity index (χ0v) is 8.98. The van der Waals surface area contributed by atoms with Crippen molar-refractivity contribution >= 4 is 11.8 Å². The molecule has 7 heteroatoms. The minimum Gasteiger partial charge on any atom is -0.339 e. The monoisotopic (exact) mass is 224 g/mol. The molecule has 0 unspecified atom stereocenters. The summed E-state index contributed by atoms with van der Waals surface area (Å²) in [6.45, 7) is 1.31. The Kier molecular flexibility index (Phi) is 3.76. The van der Waals surface area contributed by atoms with Gasteiger partial charge < -0.3 is 15.2 Å². The molecule has 0 aliphatic rings. The van der Waals surface area contributed by atoms with Crippen LogP contribution in [0.25, 0.3) is 0 Å². The summed E-state index contributed by atoms with van der Waals surface area (Å²) in [4.78, 5) is 37.2. The number of hydrogen-bond acceptors (Lipinski definition) is 4. The fourth-order valence-corrected chi connectivity index (χ4v) is 1.01. The molecule has 7 nitrogen and oxygen atoms in total. The summed E-state index contributed by atoms with van der Waals surface area (Å²) >= 11 is 0. The van der Waals surface area contributed by atoms with Gasteiger partial charge in [0.05, 0.1) is 13.0 Å². The molecule has 0 aromatic carbocycles. The van der Waals surface area contributed by atoms with E-state index in [1.165, 1.54) is 31.1 Å². The molecule has 1 rings (SSSR count). The Hall–Kier alpha value is -2.18. The van der Waals surface area contributed by atoms with Gasteiger partial charge in [-0.25, -0.2) is 4.98 Å². The molecule has 0 saturated heterocycles. The van der Waals surface area contributed by atoms with E-state index >= 15 is 0 Å². The summed E-state index contributed by atoms with van der Waals surface area (Å²) < 4.78 is 1.20. The lowest BCUT2D eigenvalue weighted by atomic mass is 10.3. The van der Waals surface area contributed by atoms with E-state index in [-0.39, 0.29) is 18.1 Å². The number of aryl methyl sites for hydroxylation is 1. The molecule has 0 bridgehead atoms. The first kappa shape index (κ1) is 11.9. The van der Waals surface area contributed by atoms with Crippen molar-refractivity contribution in [2.75, 3.05) is 6.67 Å². The number of carbonyl (C=O) groups is 2. The van der Waals surface area contributed by atoms with Gasteiger partial charge in [0.15, 0.2) is 0 Å². The van der Waals surface area contributed by atoms with E-state index < -0.39 is 11.5 Å². The van der Waals surface area contributed by atoms with E-state index in [1.807, 2.05) is 0 Å². The topological polar surface area (TPSA) is 93.1 Å². The number of aromatic nitrogens is 2. The van der Waals surface area contributed by atoms with Crippen LogP contribution >= 0.6 is 0 Å². The van der Waals surface area contributed by atoms with Crippen LogP contribution in [0.4, 0.5) is 0 Å². The standard InChI is InChI=1S/C9H12N4O3/c1-6(14)11-4-12-8(15)7-3-10-5-13(2)9(7)16/h3,5H,4H2,1-2H3,(H,11,14)(H,12,15). The Morgan fingerprint density at radius 3 is 2.75 bits per heavy atom. The van der Waals surface area contributed by atoms with E-state index in [1.54, 1.807) is 0 Å². The normalized spacial score (nSPS) is 9.62. The van der Waals surface area contributed by atoms with Gasteiger partial charge >= 0.3 is 0 Å². The smallest absolute Gasteiger partial charge is 0.265 e. The van der Waals surface area contributed by atoms with Gasteiger partial charge in [0.2, 0.25) is 5.91 Å². The van der Waals surface area contributed by atoms with E-state index in [0.29, 0.717) is 0 Å². The van der Waals surface area contributed by atoms with E-state index in [4.69, 9.17) is 0 Å². The predicted octanol–water partition coefficient (Wildman–Crippen LogP) is -1.40. The zero-order chi connectivity index (χ0) is 12.1. The molecule has 0 spiro atoms. The number of nitrogens with one attached hydrogen (secondary N) is 2. The van der Waals surface area contributed by atoms with Crippen molar-refractivity contribution in [1.82, 2.24) is 20.2 Å². The molecule has 0 atom stereocenters. The fraction of sp³-hybridized carbons (Fsp3) is 0.333. The highest BCUT2D eigenvalue weighted by Crippen LogP contribution is 1.86. The van der Waals surface area contributed by atoms with Gasteiger partial charge in [-0.05, 0) is 0 Å². The third-order valence-electron chi connectivity index (χ3n) is 1.83. The highest BCUT2D eigenvalue weighted by molar-refractivity contribution is 5.93. The highest BCUT2D eigenvalue weighted by Gasteiger charge is 2.10. The summed E-state index contributed by atoms with van der Waals surface area (Å²) in [6.07, 6.45) is 2.50. The first-order chi connectivity index (χ1) is 7.52. The largest absolute Gasteiger partial charge is 0.339 e. The van der Waals surface area contributed by atoms with Gasteiger partial charge in [-0.3, -0.25) is 14.4 Å². The molecule has 1 aromatic heterocycles. The van der Waals surface area contributed by atoms with Crippen LogP contribution in [-0.2, 0) is 11.8 Å². The second-order valence-electron chi connectivity index (χ2n) is 3.14. The van der Waals surface area contributed by atoms with Gasteiger partial charge in [0, 0.05) is 20.2 Å². The molecule has 2 N–H and O–H groups in total. The van der Waals surface area contributed by atoms with E-state index in [2.05, 4.69) is 15.6 Å². The molecule has 0 aliphatic carbocycles. The lowest BCUT2D eigenvalue weighted by Gasteiger charge is -2.05. The maximum absolute atomic E-state index is 11.5. The van der Waals surface area contributed by atoms with Crippen molar-refractivity contribution in [2.45, 2.75) is 6.92 Å². The van der Waals surface area contributed by atoms with Crippen molar-refractivity contribution in [2.24, 2.45) is 7.05 Å². The van der Waals surface area contributed by atoms with E-state index in [0.717, 1.165) is 0 Å². The average molecular weight is 224 g/mol. The Bertz CT molecular complexity index is 466. The maximum atomic E-state index is 11.5. The summed E-state index contributed by atoms with van der Waals surface area (Å²) in [5.74, 6) is -0.832. The Balaban J connectivity index is 2.70. The molecule has 0 radical (unpaired) electrons. The van der Waals surface area contributed by atoms with Crippen LogP contribution in [0.15, 0.2) is 17.3 Å². The van der Waals surface area contributed by atoms with Gasteiger partial charge in [0.1, 0.15) is 5.56 Å². The second kappa shape index (κ2) is 5.06. The molecule has 0 saturated carbocycles. The molecule has 1 aromatic rings. The second-order valence-corrected chi connectivity index (χ2v) is 3.14. The van der Waals surface area contributed by atoms with E-state index in [9.17, 15) is 14.4 Å². The van der Waals surface area contributed by atoms with Crippen LogP contribution in [0.5, 0.6) is 0 Å². The number of amides is 2. The lowest BCUT2D eigenvalue weighted by molar-refractivity contribution is -0.118. The quantitative estimate of drug-likeness (QED) is 0.618. The lowest BCUT2D eigenvalue weighted by Crippen LogP contribution is -2.39. The Labute approximate surface area is 91.5 Å². The molecule has 16 heavy (non-hydrogen) atoms. The first-order valence-electron chi connectivity index (χ1n) is 4.55. The van der Waals surface area contributed by atoms with Crippen LogP contribution in [0.3, 0.4) is 0 Å². The van der Waals surface area contributed by atoms with Crippen LogP contribution < -0.4 is 16.2 Å². The van der Waals surface area contributed by atoms with Crippen LogP contribution in [-0.4, -0.2) is 28.0 Å². The molecule has 0 aliphatic heterocycles. The number of hydrogen-bond donors (Lipinski definition) is 2. The molecular formula is C9H12N4O3. The summed E-state index contributed by atoms with van der Waals surface area (Å²) in [7, 11) is 1.50. The van der Waals surface area contributed by atoms with Gasteiger partial charge in [-0.2, -0.15) is 0 Å². The van der Waals surface area contributed by atoms with Crippen molar-refractivity contribution < 1.29 is 9.59 Å². The summed E-state index contributed by atoms with van der Waals surface area (Å²) in [5.41, 5.74) is -0.495. The minimum absolute atomic E-state index is 0.0216. The Morgan fingerprint density at radius 2 is 2.12 bits per heavy atom. The van der Waals surface area contributed by atoms with Gasteiger partial charge in [0.25, 0.3) is 11.5 Å². The fourth-order valence-electron chi connectivity index (χ4n) is 1.01. The highest BCUT2D eigenvalue weighted by atomic mass is 16.2. The van der Waals surface area contributed by atoms with Crippen LogP contribution in [0.2, 0.25) is 0 Å². The van der Waals surface area contributed by atoms with Crippen molar-refractivity contribution in [1.29, 1.82) is 0 Å². The van der Waals surface area contributed by atoms with Crippen molar-refractivity contribution in [3.63, 3.8) is 0 Å². The average Bonchev–Trinajstić information content (AvgIpc) is 2.21. The minimum atomic E-state index is -0.567. The molecule has 2 amide bonds. The summed E-state index contributed by atoms with van der Waals surface area (Å²) in [6, 6.07) is 0. The molecule has 0 fully saturated rings. The molecular weight excluding hydrogens is 212 g/mol.